The second kappa shape index (κ2) is 6.27. The molecule has 0 radical (unpaired) electrons. The summed E-state index contributed by atoms with van der Waals surface area (Å²) in [7, 11) is 0. The molecule has 0 rings (SSSR count). The molecule has 0 aliphatic carbocycles. The summed E-state index contributed by atoms with van der Waals surface area (Å²) in [5.74, 6) is 3.11. The molecule has 0 spiro atoms. The molecule has 0 aromatic carbocycles. The third-order valence-electron chi connectivity index (χ3n) is 3.82. The lowest BCUT2D eigenvalue weighted by Gasteiger charge is -2.27. The number of rotatable bonds is 5. The van der Waals surface area contributed by atoms with Gasteiger partial charge in [0.25, 0.3) is 0 Å². The van der Waals surface area contributed by atoms with Gasteiger partial charge in [0, 0.05) is 0 Å². The quantitative estimate of drug-likeness (QED) is 0.548. The Hall–Kier alpha value is -0.260. The molecular formula is C14H28. The SMILES string of the molecule is CCC(C)=CC(C)C(C)C(C)C(C)C. The largest absolute Gasteiger partial charge is 0.0825 e. The third-order valence-corrected chi connectivity index (χ3v) is 3.82. The fraction of sp³-hybridized carbons (Fsp3) is 0.857. The summed E-state index contributed by atoms with van der Waals surface area (Å²) < 4.78 is 0. The van der Waals surface area contributed by atoms with Crippen molar-refractivity contribution in [3.05, 3.63) is 11.6 Å². The van der Waals surface area contributed by atoms with Crippen molar-refractivity contribution in [1.29, 1.82) is 0 Å². The van der Waals surface area contributed by atoms with Gasteiger partial charge in [0.2, 0.25) is 0 Å². The monoisotopic (exact) mass is 196 g/mol. The van der Waals surface area contributed by atoms with Crippen LogP contribution in [0, 0.1) is 23.7 Å². The lowest BCUT2D eigenvalue weighted by atomic mass is 9.78. The normalized spacial score (nSPS) is 19.6. The van der Waals surface area contributed by atoms with Crippen molar-refractivity contribution in [2.75, 3.05) is 0 Å². The molecule has 0 aromatic rings. The highest BCUT2D eigenvalue weighted by Crippen LogP contribution is 2.28. The second-order valence-electron chi connectivity index (χ2n) is 5.19. The summed E-state index contributed by atoms with van der Waals surface area (Å²) in [4.78, 5) is 0. The predicted octanol–water partition coefficient (Wildman–Crippen LogP) is 4.91. The average Bonchev–Trinajstić information content (AvgIpc) is 2.14. The van der Waals surface area contributed by atoms with E-state index in [4.69, 9.17) is 0 Å². The van der Waals surface area contributed by atoms with E-state index in [9.17, 15) is 0 Å². The van der Waals surface area contributed by atoms with Crippen LogP contribution in [0.3, 0.4) is 0 Å². The number of hydrogen-bond acceptors (Lipinski definition) is 0. The van der Waals surface area contributed by atoms with Crippen LogP contribution in [-0.2, 0) is 0 Å². The Labute approximate surface area is 90.8 Å². The molecule has 0 aliphatic rings. The van der Waals surface area contributed by atoms with Crippen LogP contribution in [0.15, 0.2) is 11.6 Å². The van der Waals surface area contributed by atoms with Gasteiger partial charge in [0.15, 0.2) is 0 Å². The van der Waals surface area contributed by atoms with Crippen molar-refractivity contribution in [2.45, 2.75) is 54.9 Å². The van der Waals surface area contributed by atoms with Crippen LogP contribution in [-0.4, -0.2) is 0 Å². The van der Waals surface area contributed by atoms with Gasteiger partial charge >= 0.3 is 0 Å². The zero-order valence-corrected chi connectivity index (χ0v) is 11.1. The molecule has 84 valence electrons. The minimum absolute atomic E-state index is 0.715. The molecule has 0 heterocycles. The average molecular weight is 196 g/mol. The van der Waals surface area contributed by atoms with Crippen molar-refractivity contribution in [3.63, 3.8) is 0 Å². The van der Waals surface area contributed by atoms with E-state index in [2.05, 4.69) is 54.5 Å². The first-order chi connectivity index (χ1) is 6.40. The van der Waals surface area contributed by atoms with Crippen molar-refractivity contribution in [2.24, 2.45) is 23.7 Å². The fourth-order valence-electron chi connectivity index (χ4n) is 1.80. The first kappa shape index (κ1) is 13.7. The van der Waals surface area contributed by atoms with Gasteiger partial charge in [-0.1, -0.05) is 53.2 Å². The predicted molar refractivity (Wildman–Crippen MR) is 66.4 cm³/mol. The summed E-state index contributed by atoms with van der Waals surface area (Å²) in [5, 5.41) is 0. The van der Waals surface area contributed by atoms with E-state index in [1.165, 1.54) is 12.0 Å². The maximum Gasteiger partial charge on any atom is -0.0231 e. The highest BCUT2D eigenvalue weighted by Gasteiger charge is 2.19. The highest BCUT2D eigenvalue weighted by atomic mass is 14.2. The lowest BCUT2D eigenvalue weighted by Crippen LogP contribution is -2.19. The molecule has 0 bridgehead atoms. The van der Waals surface area contributed by atoms with Gasteiger partial charge < -0.3 is 0 Å². The van der Waals surface area contributed by atoms with Gasteiger partial charge in [-0.05, 0) is 37.0 Å². The third kappa shape index (κ3) is 4.30. The van der Waals surface area contributed by atoms with Crippen molar-refractivity contribution in [1.82, 2.24) is 0 Å². The van der Waals surface area contributed by atoms with Crippen molar-refractivity contribution in [3.8, 4) is 0 Å². The molecule has 0 heteroatoms. The molecule has 3 atom stereocenters. The summed E-state index contributed by atoms with van der Waals surface area (Å²) >= 11 is 0. The molecule has 0 nitrogen and oxygen atoms in total. The summed E-state index contributed by atoms with van der Waals surface area (Å²) in [6.07, 6.45) is 3.64. The van der Waals surface area contributed by atoms with Crippen LogP contribution in [0.25, 0.3) is 0 Å². The Morgan fingerprint density at radius 3 is 1.86 bits per heavy atom. The van der Waals surface area contributed by atoms with Gasteiger partial charge in [0.1, 0.15) is 0 Å². The van der Waals surface area contributed by atoms with Gasteiger partial charge in [-0.15, -0.1) is 0 Å². The molecular weight excluding hydrogens is 168 g/mol. The van der Waals surface area contributed by atoms with Crippen LogP contribution >= 0.6 is 0 Å². The lowest BCUT2D eigenvalue weighted by molar-refractivity contribution is 0.250. The Balaban J connectivity index is 4.31. The molecule has 0 aliphatic heterocycles. The summed E-state index contributed by atoms with van der Waals surface area (Å²) in [6.45, 7) is 16.2. The molecule has 0 fully saturated rings. The van der Waals surface area contributed by atoms with Gasteiger partial charge in [-0.25, -0.2) is 0 Å². The zero-order chi connectivity index (χ0) is 11.3. The molecule has 14 heavy (non-hydrogen) atoms. The Morgan fingerprint density at radius 1 is 1.00 bits per heavy atom. The van der Waals surface area contributed by atoms with Crippen LogP contribution in [0.2, 0.25) is 0 Å². The van der Waals surface area contributed by atoms with Crippen LogP contribution in [0.1, 0.15) is 54.9 Å². The number of hydrogen-bond donors (Lipinski definition) is 0. The van der Waals surface area contributed by atoms with Crippen molar-refractivity contribution < 1.29 is 0 Å². The standard InChI is InChI=1S/C14H28/c1-8-11(4)9-12(5)14(7)13(6)10(2)3/h9-10,12-14H,8H2,1-7H3. The van der Waals surface area contributed by atoms with E-state index in [-0.39, 0.29) is 0 Å². The van der Waals surface area contributed by atoms with E-state index >= 15 is 0 Å². The highest BCUT2D eigenvalue weighted by molar-refractivity contribution is 5.00. The Morgan fingerprint density at radius 2 is 1.50 bits per heavy atom. The molecule has 0 aromatic heterocycles. The van der Waals surface area contributed by atoms with E-state index in [0.29, 0.717) is 5.92 Å². The second-order valence-corrected chi connectivity index (χ2v) is 5.19. The molecule has 3 unspecified atom stereocenters. The van der Waals surface area contributed by atoms with E-state index in [1.807, 2.05) is 0 Å². The van der Waals surface area contributed by atoms with E-state index in [1.54, 1.807) is 0 Å². The topological polar surface area (TPSA) is 0 Å². The van der Waals surface area contributed by atoms with Gasteiger partial charge in [-0.3, -0.25) is 0 Å². The maximum atomic E-state index is 2.45. The zero-order valence-electron chi connectivity index (χ0n) is 11.1. The van der Waals surface area contributed by atoms with Gasteiger partial charge in [0.05, 0.1) is 0 Å². The minimum atomic E-state index is 0.715. The first-order valence-corrected chi connectivity index (χ1v) is 6.07. The Bertz CT molecular complexity index is 176. The van der Waals surface area contributed by atoms with E-state index in [0.717, 1.165) is 17.8 Å². The maximum absolute atomic E-state index is 2.45. The van der Waals surface area contributed by atoms with Crippen molar-refractivity contribution >= 4 is 0 Å². The smallest absolute Gasteiger partial charge is 0.0231 e. The van der Waals surface area contributed by atoms with Crippen LogP contribution in [0.4, 0.5) is 0 Å². The fourth-order valence-corrected chi connectivity index (χ4v) is 1.80. The van der Waals surface area contributed by atoms with Gasteiger partial charge in [-0.2, -0.15) is 0 Å². The Kier molecular flexibility index (Phi) is 6.15. The van der Waals surface area contributed by atoms with Crippen LogP contribution in [0.5, 0.6) is 0 Å². The summed E-state index contributed by atoms with van der Waals surface area (Å²) in [6, 6.07) is 0. The minimum Gasteiger partial charge on any atom is -0.0825 e. The molecule has 0 saturated carbocycles. The molecule has 0 amide bonds. The van der Waals surface area contributed by atoms with Crippen LogP contribution < -0.4 is 0 Å². The molecule has 0 saturated heterocycles. The summed E-state index contributed by atoms with van der Waals surface area (Å²) in [5.41, 5.74) is 1.53. The van der Waals surface area contributed by atoms with E-state index < -0.39 is 0 Å². The first-order valence-electron chi connectivity index (χ1n) is 6.07. The number of allylic oxidation sites excluding steroid dienone is 2. The molecule has 0 N–H and O–H groups in total.